The van der Waals surface area contributed by atoms with Crippen molar-refractivity contribution in [2.45, 2.75) is 38.1 Å². The molecule has 0 atom stereocenters. The Bertz CT molecular complexity index is 849. The molecule has 0 spiro atoms. The number of halogens is 1. The van der Waals surface area contributed by atoms with Crippen LogP contribution in [0.4, 0.5) is 0 Å². The van der Waals surface area contributed by atoms with Crippen LogP contribution in [-0.4, -0.2) is 23.3 Å². The first kappa shape index (κ1) is 20.3. The molecular weight excluding hydrogens is 394 g/mol. The van der Waals surface area contributed by atoms with Crippen LogP contribution in [0.2, 0.25) is 5.02 Å². The predicted molar refractivity (Wildman–Crippen MR) is 116 cm³/mol. The van der Waals surface area contributed by atoms with Crippen LogP contribution in [0.3, 0.4) is 0 Å². The Morgan fingerprint density at radius 1 is 1.14 bits per heavy atom. The van der Waals surface area contributed by atoms with Gasteiger partial charge in [-0.15, -0.1) is 0 Å². The van der Waals surface area contributed by atoms with Crippen molar-refractivity contribution < 1.29 is 9.53 Å². The van der Waals surface area contributed by atoms with Crippen molar-refractivity contribution in [1.82, 2.24) is 10.7 Å². The number of hydrazone groups is 1. The summed E-state index contributed by atoms with van der Waals surface area (Å²) in [5.41, 5.74) is 4.06. The zero-order valence-corrected chi connectivity index (χ0v) is 16.9. The minimum Gasteiger partial charge on any atom is -0.423 e. The molecule has 1 aliphatic rings. The molecule has 0 heterocycles. The van der Waals surface area contributed by atoms with Crippen LogP contribution in [0.25, 0.3) is 0 Å². The summed E-state index contributed by atoms with van der Waals surface area (Å²) in [4.78, 5) is 12.2. The smallest absolute Gasteiger partial charge is 0.343 e. The summed E-state index contributed by atoms with van der Waals surface area (Å²) in [6, 6.07) is 14.1. The first-order valence-corrected chi connectivity index (χ1v) is 10.1. The summed E-state index contributed by atoms with van der Waals surface area (Å²) in [5, 5.41) is 8.54. The molecule has 0 saturated heterocycles. The molecule has 2 aromatic carbocycles. The highest BCUT2D eigenvalue weighted by atomic mass is 35.5. The fraction of sp³-hybridized carbons (Fsp3) is 0.286. The Kier molecular flexibility index (Phi) is 7.39. The normalized spacial score (nSPS) is 14.6. The van der Waals surface area contributed by atoms with E-state index in [1.54, 1.807) is 48.7 Å². The van der Waals surface area contributed by atoms with Crippen molar-refractivity contribution in [3.05, 3.63) is 64.7 Å². The second kappa shape index (κ2) is 10.2. The van der Waals surface area contributed by atoms with Crippen molar-refractivity contribution in [2.24, 2.45) is 5.10 Å². The number of nitrogens with zero attached hydrogens (tertiary/aromatic N) is 1. The summed E-state index contributed by atoms with van der Waals surface area (Å²) in [7, 11) is 0. The Labute approximate surface area is 175 Å². The van der Waals surface area contributed by atoms with Gasteiger partial charge in [-0.1, -0.05) is 43.0 Å². The quantitative estimate of drug-likeness (QED) is 0.244. The maximum atomic E-state index is 12.2. The van der Waals surface area contributed by atoms with Gasteiger partial charge in [0.25, 0.3) is 0 Å². The Hall–Kier alpha value is -2.44. The van der Waals surface area contributed by atoms with Crippen molar-refractivity contribution in [3.63, 3.8) is 0 Å². The number of esters is 1. The van der Waals surface area contributed by atoms with Gasteiger partial charge in [-0.3, -0.25) is 5.43 Å². The van der Waals surface area contributed by atoms with Crippen LogP contribution in [0, 0.1) is 0 Å². The number of hydrogen-bond acceptors (Lipinski definition) is 4. The average molecular weight is 416 g/mol. The molecule has 0 radical (unpaired) electrons. The van der Waals surface area contributed by atoms with Crippen LogP contribution in [0.5, 0.6) is 5.75 Å². The number of rotatable bonds is 5. The lowest BCUT2D eigenvalue weighted by Crippen LogP contribution is -2.40. The van der Waals surface area contributed by atoms with E-state index in [1.807, 2.05) is 6.07 Å². The number of hydrogen-bond donors (Lipinski definition) is 2. The monoisotopic (exact) mass is 415 g/mol. The fourth-order valence-corrected chi connectivity index (χ4v) is 3.39. The third-order valence-electron chi connectivity index (χ3n) is 4.47. The van der Waals surface area contributed by atoms with Crippen LogP contribution < -0.4 is 15.5 Å². The van der Waals surface area contributed by atoms with Crippen LogP contribution >= 0.6 is 23.8 Å². The lowest BCUT2D eigenvalue weighted by molar-refractivity contribution is 0.0735. The molecule has 7 heteroatoms. The largest absolute Gasteiger partial charge is 0.423 e. The number of carbonyl (C=O) groups excluding carboxylic acids is 1. The molecule has 3 rings (SSSR count). The van der Waals surface area contributed by atoms with Crippen LogP contribution in [-0.2, 0) is 0 Å². The number of nitrogens with one attached hydrogen (secondary N) is 2. The highest BCUT2D eigenvalue weighted by Gasteiger charge is 2.13. The van der Waals surface area contributed by atoms with E-state index in [2.05, 4.69) is 15.8 Å². The lowest BCUT2D eigenvalue weighted by atomic mass is 9.96. The topological polar surface area (TPSA) is 62.7 Å². The molecule has 1 aliphatic carbocycles. The van der Waals surface area contributed by atoms with E-state index in [9.17, 15) is 4.79 Å². The Morgan fingerprint density at radius 3 is 2.64 bits per heavy atom. The van der Waals surface area contributed by atoms with E-state index < -0.39 is 5.97 Å². The molecule has 0 bridgehead atoms. The van der Waals surface area contributed by atoms with E-state index >= 15 is 0 Å². The lowest BCUT2D eigenvalue weighted by Gasteiger charge is -2.23. The highest BCUT2D eigenvalue weighted by Crippen LogP contribution is 2.17. The summed E-state index contributed by atoms with van der Waals surface area (Å²) >= 11 is 11.1. The Morgan fingerprint density at radius 2 is 1.89 bits per heavy atom. The van der Waals surface area contributed by atoms with E-state index in [-0.39, 0.29) is 0 Å². The van der Waals surface area contributed by atoms with Gasteiger partial charge in [0, 0.05) is 11.1 Å². The fourth-order valence-electron chi connectivity index (χ4n) is 3.04. The first-order valence-electron chi connectivity index (χ1n) is 9.27. The number of benzene rings is 2. The number of thiocarbonyl (C=S) groups is 1. The van der Waals surface area contributed by atoms with Gasteiger partial charge in [0.15, 0.2) is 5.11 Å². The van der Waals surface area contributed by atoms with Crippen LogP contribution in [0.1, 0.15) is 48.0 Å². The molecule has 2 aromatic rings. The maximum Gasteiger partial charge on any atom is 0.343 e. The van der Waals surface area contributed by atoms with Gasteiger partial charge < -0.3 is 10.1 Å². The average Bonchev–Trinajstić information content (AvgIpc) is 2.69. The van der Waals surface area contributed by atoms with Gasteiger partial charge in [-0.05, 0) is 67.0 Å². The van der Waals surface area contributed by atoms with Crippen LogP contribution in [0.15, 0.2) is 53.6 Å². The summed E-state index contributed by atoms with van der Waals surface area (Å²) in [6.45, 7) is 0. The molecule has 28 heavy (non-hydrogen) atoms. The van der Waals surface area contributed by atoms with Gasteiger partial charge in [0.05, 0.1) is 11.8 Å². The first-order chi connectivity index (χ1) is 13.6. The number of carbonyl (C=O) groups is 1. The minimum absolute atomic E-state index is 0.430. The summed E-state index contributed by atoms with van der Waals surface area (Å²) in [6.07, 6.45) is 7.71. The third-order valence-corrected chi connectivity index (χ3v) is 4.93. The standard InChI is InChI=1S/C21H22ClN3O2S/c22-17-11-9-16(10-12-17)20(26)27-19-8-4-5-15(13-19)14-23-25-21(28)24-18-6-2-1-3-7-18/h4-5,8-14,18H,1-3,6-7H2,(H2,24,25,28)/b23-14+. The van der Waals surface area contributed by atoms with Gasteiger partial charge in [0.2, 0.25) is 0 Å². The number of ether oxygens (including phenoxy) is 1. The van der Waals surface area contributed by atoms with Gasteiger partial charge >= 0.3 is 5.97 Å². The minimum atomic E-state index is -0.443. The molecule has 1 saturated carbocycles. The second-order valence-electron chi connectivity index (χ2n) is 6.65. The zero-order chi connectivity index (χ0) is 19.8. The SMILES string of the molecule is O=C(Oc1cccc(/C=N/NC(=S)NC2CCCCC2)c1)c1ccc(Cl)cc1. The highest BCUT2D eigenvalue weighted by molar-refractivity contribution is 7.80. The molecule has 0 aliphatic heterocycles. The van der Waals surface area contributed by atoms with Gasteiger partial charge in [-0.25, -0.2) is 4.79 Å². The predicted octanol–water partition coefficient (Wildman–Crippen LogP) is 4.69. The van der Waals surface area contributed by atoms with Crippen molar-refractivity contribution in [1.29, 1.82) is 0 Å². The zero-order valence-electron chi connectivity index (χ0n) is 15.4. The molecule has 0 unspecified atom stereocenters. The Balaban J connectivity index is 1.52. The molecule has 2 N–H and O–H groups in total. The van der Waals surface area contributed by atoms with Crippen molar-refractivity contribution >= 4 is 41.1 Å². The van der Waals surface area contributed by atoms with E-state index in [4.69, 9.17) is 28.6 Å². The van der Waals surface area contributed by atoms with Crippen molar-refractivity contribution in [2.75, 3.05) is 0 Å². The van der Waals surface area contributed by atoms with Gasteiger partial charge in [-0.2, -0.15) is 5.10 Å². The molecule has 146 valence electrons. The van der Waals surface area contributed by atoms with Crippen molar-refractivity contribution in [3.8, 4) is 5.75 Å². The van der Waals surface area contributed by atoms with E-state index in [0.717, 1.165) is 18.4 Å². The van der Waals surface area contributed by atoms with E-state index in [1.165, 1.54) is 19.3 Å². The summed E-state index contributed by atoms with van der Waals surface area (Å²) < 4.78 is 5.41. The summed E-state index contributed by atoms with van der Waals surface area (Å²) in [5.74, 6) is -0.00597. The molecular formula is C21H22ClN3O2S. The molecule has 1 fully saturated rings. The third kappa shape index (κ3) is 6.32. The molecule has 0 aromatic heterocycles. The molecule has 0 amide bonds. The maximum absolute atomic E-state index is 12.2. The van der Waals surface area contributed by atoms with Gasteiger partial charge in [0.1, 0.15) is 5.75 Å². The molecule has 5 nitrogen and oxygen atoms in total. The van der Waals surface area contributed by atoms with E-state index in [0.29, 0.717) is 27.5 Å². The second-order valence-corrected chi connectivity index (χ2v) is 7.49.